The van der Waals surface area contributed by atoms with Crippen LogP contribution in [0, 0.1) is 13.8 Å². The molecular formula is C24H31N3OS. The van der Waals surface area contributed by atoms with Crippen molar-refractivity contribution in [3.8, 4) is 0 Å². The van der Waals surface area contributed by atoms with E-state index in [0.717, 1.165) is 30.0 Å². The highest BCUT2D eigenvalue weighted by molar-refractivity contribution is 7.09. The smallest absolute Gasteiger partial charge is 0.253 e. The Morgan fingerprint density at radius 3 is 2.52 bits per heavy atom. The molecule has 0 spiro atoms. The van der Waals surface area contributed by atoms with Crippen LogP contribution < -0.4 is 5.32 Å². The van der Waals surface area contributed by atoms with E-state index >= 15 is 0 Å². The van der Waals surface area contributed by atoms with Crippen LogP contribution in [0.15, 0.2) is 47.8 Å². The van der Waals surface area contributed by atoms with Crippen molar-refractivity contribution in [2.75, 3.05) is 7.05 Å². The standard InChI is InChI=1S/C24H31N3OS/c1-17(2)26(5)15-21-10-7-6-9-20(21)14-25-24(28)23-13-18(3)27(19(23)4)16-22-11-8-12-29-22/h6-13,17H,14-16H2,1-5H3,(H,25,28). The third-order valence-electron chi connectivity index (χ3n) is 5.57. The largest absolute Gasteiger partial charge is 0.348 e. The van der Waals surface area contributed by atoms with Gasteiger partial charge in [0.05, 0.1) is 12.1 Å². The van der Waals surface area contributed by atoms with Gasteiger partial charge in [0.1, 0.15) is 0 Å². The highest BCUT2D eigenvalue weighted by Crippen LogP contribution is 2.20. The monoisotopic (exact) mass is 409 g/mol. The highest BCUT2D eigenvalue weighted by Gasteiger charge is 2.16. The Hall–Kier alpha value is -2.37. The predicted molar refractivity (Wildman–Crippen MR) is 122 cm³/mol. The minimum Gasteiger partial charge on any atom is -0.348 e. The van der Waals surface area contributed by atoms with Crippen LogP contribution in [0.25, 0.3) is 0 Å². The molecular weight excluding hydrogens is 378 g/mol. The molecule has 1 amide bonds. The summed E-state index contributed by atoms with van der Waals surface area (Å²) < 4.78 is 2.21. The van der Waals surface area contributed by atoms with E-state index in [-0.39, 0.29) is 5.91 Å². The molecule has 0 aliphatic carbocycles. The van der Waals surface area contributed by atoms with Gasteiger partial charge in [0.15, 0.2) is 0 Å². The van der Waals surface area contributed by atoms with Crippen molar-refractivity contribution >= 4 is 17.2 Å². The van der Waals surface area contributed by atoms with Crippen LogP contribution in [0.4, 0.5) is 0 Å². The molecule has 0 saturated heterocycles. The Morgan fingerprint density at radius 2 is 1.86 bits per heavy atom. The van der Waals surface area contributed by atoms with Gasteiger partial charge in [-0.3, -0.25) is 9.69 Å². The molecule has 2 heterocycles. The summed E-state index contributed by atoms with van der Waals surface area (Å²) in [5, 5.41) is 5.22. The van der Waals surface area contributed by atoms with Crippen LogP contribution in [0.2, 0.25) is 0 Å². The molecule has 29 heavy (non-hydrogen) atoms. The molecule has 0 radical (unpaired) electrons. The van der Waals surface area contributed by atoms with E-state index in [2.05, 4.69) is 78.3 Å². The lowest BCUT2D eigenvalue weighted by Gasteiger charge is -2.22. The second kappa shape index (κ2) is 9.42. The molecule has 0 fully saturated rings. The molecule has 0 unspecified atom stereocenters. The zero-order valence-corrected chi connectivity index (χ0v) is 18.8. The molecule has 3 rings (SSSR count). The molecule has 0 aliphatic heterocycles. The topological polar surface area (TPSA) is 37.3 Å². The van der Waals surface area contributed by atoms with Gasteiger partial charge in [0.25, 0.3) is 5.91 Å². The molecule has 3 aromatic rings. The summed E-state index contributed by atoms with van der Waals surface area (Å²) in [6, 6.07) is 15.0. The van der Waals surface area contributed by atoms with E-state index in [4.69, 9.17) is 0 Å². The summed E-state index contributed by atoms with van der Waals surface area (Å²) in [5.74, 6) is -0.0115. The molecule has 0 bridgehead atoms. The molecule has 0 atom stereocenters. The van der Waals surface area contributed by atoms with Crippen LogP contribution in [-0.2, 0) is 19.6 Å². The Morgan fingerprint density at radius 1 is 1.14 bits per heavy atom. The van der Waals surface area contributed by atoms with Gasteiger partial charge >= 0.3 is 0 Å². The Labute approximate surface area is 178 Å². The number of nitrogens with zero attached hydrogens (tertiary/aromatic N) is 2. The van der Waals surface area contributed by atoms with E-state index in [9.17, 15) is 4.79 Å². The van der Waals surface area contributed by atoms with Crippen molar-refractivity contribution < 1.29 is 4.79 Å². The fraction of sp³-hybridized carbons (Fsp3) is 0.375. The maximum absolute atomic E-state index is 12.9. The summed E-state index contributed by atoms with van der Waals surface area (Å²) in [6.07, 6.45) is 0. The second-order valence-electron chi connectivity index (χ2n) is 7.91. The van der Waals surface area contributed by atoms with Crippen molar-refractivity contribution in [2.45, 2.75) is 53.4 Å². The highest BCUT2D eigenvalue weighted by atomic mass is 32.1. The van der Waals surface area contributed by atoms with Crippen molar-refractivity contribution in [2.24, 2.45) is 0 Å². The maximum atomic E-state index is 12.9. The molecule has 0 saturated carbocycles. The minimum absolute atomic E-state index is 0.0115. The fourth-order valence-electron chi connectivity index (χ4n) is 3.44. The Kier molecular flexibility index (Phi) is 6.93. The number of carbonyl (C=O) groups is 1. The number of hydrogen-bond acceptors (Lipinski definition) is 3. The molecule has 154 valence electrons. The summed E-state index contributed by atoms with van der Waals surface area (Å²) in [5.41, 5.74) is 5.31. The van der Waals surface area contributed by atoms with Gasteiger partial charge in [-0.1, -0.05) is 30.3 Å². The quantitative estimate of drug-likeness (QED) is 0.569. The van der Waals surface area contributed by atoms with E-state index in [1.807, 2.05) is 19.1 Å². The summed E-state index contributed by atoms with van der Waals surface area (Å²) >= 11 is 1.74. The average Bonchev–Trinajstić information content (AvgIpc) is 3.30. The fourth-order valence-corrected chi connectivity index (χ4v) is 4.13. The zero-order chi connectivity index (χ0) is 21.0. The predicted octanol–water partition coefficient (Wildman–Crippen LogP) is 4.98. The molecule has 4 nitrogen and oxygen atoms in total. The van der Waals surface area contributed by atoms with Gasteiger partial charge < -0.3 is 9.88 Å². The second-order valence-corrected chi connectivity index (χ2v) is 8.94. The number of hydrogen-bond donors (Lipinski definition) is 1. The average molecular weight is 410 g/mol. The van der Waals surface area contributed by atoms with Gasteiger partial charge in [-0.2, -0.15) is 0 Å². The van der Waals surface area contributed by atoms with E-state index in [0.29, 0.717) is 12.6 Å². The molecule has 0 aliphatic rings. The van der Waals surface area contributed by atoms with Crippen molar-refractivity contribution in [1.29, 1.82) is 0 Å². The van der Waals surface area contributed by atoms with E-state index in [1.165, 1.54) is 16.0 Å². The summed E-state index contributed by atoms with van der Waals surface area (Å²) in [7, 11) is 2.13. The first-order valence-corrected chi connectivity index (χ1v) is 11.0. The minimum atomic E-state index is -0.0115. The lowest BCUT2D eigenvalue weighted by Crippen LogP contribution is -2.28. The number of nitrogens with one attached hydrogen (secondary N) is 1. The van der Waals surface area contributed by atoms with Gasteiger partial charge in [-0.05, 0) is 63.4 Å². The van der Waals surface area contributed by atoms with Crippen LogP contribution >= 0.6 is 11.3 Å². The number of carbonyl (C=O) groups excluding carboxylic acids is 1. The number of benzene rings is 1. The number of aryl methyl sites for hydroxylation is 1. The van der Waals surface area contributed by atoms with Gasteiger partial charge in [-0.15, -0.1) is 11.3 Å². The van der Waals surface area contributed by atoms with E-state index < -0.39 is 0 Å². The van der Waals surface area contributed by atoms with Gasteiger partial charge in [-0.25, -0.2) is 0 Å². The number of amides is 1. The number of thiophene rings is 1. The lowest BCUT2D eigenvalue weighted by molar-refractivity contribution is 0.0950. The molecule has 5 heteroatoms. The third kappa shape index (κ3) is 5.17. The lowest BCUT2D eigenvalue weighted by atomic mass is 10.1. The third-order valence-corrected chi connectivity index (χ3v) is 6.43. The zero-order valence-electron chi connectivity index (χ0n) is 18.0. The van der Waals surface area contributed by atoms with Crippen LogP contribution in [0.1, 0.15) is 51.6 Å². The van der Waals surface area contributed by atoms with Gasteiger partial charge in [0, 0.05) is 35.4 Å². The van der Waals surface area contributed by atoms with Crippen LogP contribution in [0.3, 0.4) is 0 Å². The number of rotatable bonds is 8. The molecule has 1 N–H and O–H groups in total. The Balaban J connectivity index is 1.71. The van der Waals surface area contributed by atoms with Crippen LogP contribution in [-0.4, -0.2) is 28.5 Å². The first-order chi connectivity index (χ1) is 13.9. The SMILES string of the molecule is Cc1cc(C(=O)NCc2ccccc2CN(C)C(C)C)c(C)n1Cc1cccs1. The van der Waals surface area contributed by atoms with Crippen LogP contribution in [0.5, 0.6) is 0 Å². The maximum Gasteiger partial charge on any atom is 0.253 e. The summed E-state index contributed by atoms with van der Waals surface area (Å²) in [6.45, 7) is 10.7. The first-order valence-electron chi connectivity index (χ1n) is 10.1. The number of aromatic nitrogens is 1. The molecule has 1 aromatic carbocycles. The first kappa shape index (κ1) is 21.3. The van der Waals surface area contributed by atoms with Gasteiger partial charge in [0.2, 0.25) is 0 Å². The summed E-state index contributed by atoms with van der Waals surface area (Å²) in [4.78, 5) is 16.5. The Bertz CT molecular complexity index is 957. The van der Waals surface area contributed by atoms with Crippen molar-refractivity contribution in [1.82, 2.24) is 14.8 Å². The van der Waals surface area contributed by atoms with Crippen molar-refractivity contribution in [3.05, 3.63) is 80.8 Å². The van der Waals surface area contributed by atoms with E-state index in [1.54, 1.807) is 11.3 Å². The normalized spacial score (nSPS) is 11.4. The molecule has 2 aromatic heterocycles. The van der Waals surface area contributed by atoms with Crippen molar-refractivity contribution in [3.63, 3.8) is 0 Å².